The summed E-state index contributed by atoms with van der Waals surface area (Å²) in [6, 6.07) is 1.99. The fraction of sp³-hybridized carbons (Fsp3) is 0.375. The highest BCUT2D eigenvalue weighted by atomic mass is 16.1. The maximum atomic E-state index is 11.1. The van der Waals surface area contributed by atoms with E-state index in [2.05, 4.69) is 9.97 Å². The van der Waals surface area contributed by atoms with Crippen molar-refractivity contribution in [1.29, 1.82) is 5.26 Å². The van der Waals surface area contributed by atoms with Gasteiger partial charge in [0.15, 0.2) is 0 Å². The zero-order valence-electron chi connectivity index (χ0n) is 6.79. The van der Waals surface area contributed by atoms with Crippen LogP contribution < -0.4 is 5.56 Å². The Bertz CT molecular complexity index is 361. The van der Waals surface area contributed by atoms with Crippen LogP contribution in [0.5, 0.6) is 0 Å². The first kappa shape index (κ1) is 8.47. The van der Waals surface area contributed by atoms with Crippen LogP contribution in [0.15, 0.2) is 11.1 Å². The number of H-pyrrole nitrogens is 1. The van der Waals surface area contributed by atoms with Gasteiger partial charge in [-0.05, 0) is 13.3 Å². The first-order chi connectivity index (χ1) is 5.75. The van der Waals surface area contributed by atoms with Crippen molar-refractivity contribution in [3.63, 3.8) is 0 Å². The lowest BCUT2D eigenvalue weighted by Gasteiger charge is -1.98. The minimum atomic E-state index is -0.141. The molecule has 0 saturated carbocycles. The standard InChI is InChI=1S/C8H9N3O/c1-6-7(3-2-4-9)8(12)11-5-10-6/h5H,2-3H2,1H3,(H,10,11,12). The molecule has 0 aliphatic rings. The van der Waals surface area contributed by atoms with E-state index in [1.54, 1.807) is 6.92 Å². The van der Waals surface area contributed by atoms with E-state index in [0.717, 1.165) is 0 Å². The molecule has 0 unspecified atom stereocenters. The van der Waals surface area contributed by atoms with Crippen molar-refractivity contribution in [3.05, 3.63) is 27.9 Å². The topological polar surface area (TPSA) is 69.5 Å². The highest BCUT2D eigenvalue weighted by molar-refractivity contribution is 5.15. The molecule has 1 N–H and O–H groups in total. The van der Waals surface area contributed by atoms with Crippen molar-refractivity contribution < 1.29 is 0 Å². The Balaban J connectivity index is 2.98. The molecule has 0 bridgehead atoms. The smallest absolute Gasteiger partial charge is 0.254 e. The maximum absolute atomic E-state index is 11.1. The summed E-state index contributed by atoms with van der Waals surface area (Å²) in [7, 11) is 0. The van der Waals surface area contributed by atoms with Crippen LogP contribution in [0.2, 0.25) is 0 Å². The lowest BCUT2D eigenvalue weighted by molar-refractivity contribution is 0.915. The zero-order valence-corrected chi connectivity index (χ0v) is 6.79. The van der Waals surface area contributed by atoms with Gasteiger partial charge in [0.2, 0.25) is 0 Å². The molecule has 62 valence electrons. The predicted octanol–water partition coefficient (Wildman–Crippen LogP) is 0.534. The second kappa shape index (κ2) is 3.67. The highest BCUT2D eigenvalue weighted by Gasteiger charge is 2.02. The third kappa shape index (κ3) is 1.70. The SMILES string of the molecule is Cc1nc[nH]c(=O)c1CCC#N. The van der Waals surface area contributed by atoms with Gasteiger partial charge in [-0.25, -0.2) is 4.98 Å². The van der Waals surface area contributed by atoms with Crippen LogP contribution in [0.4, 0.5) is 0 Å². The minimum absolute atomic E-state index is 0.141. The van der Waals surface area contributed by atoms with Crippen molar-refractivity contribution in [2.45, 2.75) is 19.8 Å². The molecule has 0 saturated heterocycles. The lowest BCUT2D eigenvalue weighted by Crippen LogP contribution is -2.14. The van der Waals surface area contributed by atoms with Crippen molar-refractivity contribution in [2.24, 2.45) is 0 Å². The molecule has 12 heavy (non-hydrogen) atoms. The number of aromatic amines is 1. The summed E-state index contributed by atoms with van der Waals surface area (Å²) in [6.45, 7) is 1.77. The Morgan fingerprint density at radius 2 is 2.50 bits per heavy atom. The van der Waals surface area contributed by atoms with Crippen LogP contribution in [0.1, 0.15) is 17.7 Å². The Labute approximate surface area is 69.9 Å². The van der Waals surface area contributed by atoms with E-state index < -0.39 is 0 Å². The van der Waals surface area contributed by atoms with Crippen molar-refractivity contribution in [3.8, 4) is 6.07 Å². The fourth-order valence-electron chi connectivity index (χ4n) is 0.992. The number of aromatic nitrogens is 2. The Morgan fingerprint density at radius 3 is 3.08 bits per heavy atom. The maximum Gasteiger partial charge on any atom is 0.254 e. The number of rotatable bonds is 2. The van der Waals surface area contributed by atoms with E-state index in [-0.39, 0.29) is 5.56 Å². The first-order valence-electron chi connectivity index (χ1n) is 3.66. The van der Waals surface area contributed by atoms with Gasteiger partial charge in [0.05, 0.1) is 12.4 Å². The van der Waals surface area contributed by atoms with Crippen LogP contribution in [-0.4, -0.2) is 9.97 Å². The third-order valence-electron chi connectivity index (χ3n) is 1.65. The number of nitrogens with one attached hydrogen (secondary N) is 1. The summed E-state index contributed by atoms with van der Waals surface area (Å²) in [4.78, 5) is 17.5. The van der Waals surface area contributed by atoms with Crippen LogP contribution in [0, 0.1) is 18.3 Å². The third-order valence-corrected chi connectivity index (χ3v) is 1.65. The van der Waals surface area contributed by atoms with Gasteiger partial charge in [-0.3, -0.25) is 4.79 Å². The molecule has 1 heterocycles. The number of hydrogen-bond acceptors (Lipinski definition) is 3. The van der Waals surface area contributed by atoms with E-state index in [0.29, 0.717) is 24.1 Å². The lowest BCUT2D eigenvalue weighted by atomic mass is 10.1. The molecular formula is C8H9N3O. The van der Waals surface area contributed by atoms with Gasteiger partial charge < -0.3 is 4.98 Å². The van der Waals surface area contributed by atoms with Crippen LogP contribution in [0.3, 0.4) is 0 Å². The van der Waals surface area contributed by atoms with Gasteiger partial charge in [-0.15, -0.1) is 0 Å². The second-order valence-corrected chi connectivity index (χ2v) is 2.45. The van der Waals surface area contributed by atoms with Crippen molar-refractivity contribution >= 4 is 0 Å². The molecule has 1 rings (SSSR count). The molecule has 1 aromatic rings. The Hall–Kier alpha value is -1.63. The molecule has 1 aromatic heterocycles. The Kier molecular flexibility index (Phi) is 2.59. The number of hydrogen-bond donors (Lipinski definition) is 1. The number of nitriles is 1. The molecule has 4 heteroatoms. The number of nitrogens with zero attached hydrogens (tertiary/aromatic N) is 2. The van der Waals surface area contributed by atoms with Gasteiger partial charge in [0.25, 0.3) is 5.56 Å². The summed E-state index contributed by atoms with van der Waals surface area (Å²) in [6.07, 6.45) is 2.20. The summed E-state index contributed by atoms with van der Waals surface area (Å²) in [5, 5.41) is 8.33. The first-order valence-corrected chi connectivity index (χ1v) is 3.66. The van der Waals surface area contributed by atoms with E-state index in [1.807, 2.05) is 6.07 Å². The van der Waals surface area contributed by atoms with E-state index in [1.165, 1.54) is 6.33 Å². The predicted molar refractivity (Wildman–Crippen MR) is 43.5 cm³/mol. The molecule has 0 aromatic carbocycles. The van der Waals surface area contributed by atoms with Gasteiger partial charge in [-0.2, -0.15) is 5.26 Å². The van der Waals surface area contributed by atoms with Gasteiger partial charge >= 0.3 is 0 Å². The van der Waals surface area contributed by atoms with Gasteiger partial charge in [0.1, 0.15) is 0 Å². The van der Waals surface area contributed by atoms with E-state index in [4.69, 9.17) is 5.26 Å². The molecule has 0 aliphatic heterocycles. The summed E-state index contributed by atoms with van der Waals surface area (Å²) >= 11 is 0. The molecule has 0 aliphatic carbocycles. The molecule has 0 fully saturated rings. The van der Waals surface area contributed by atoms with Crippen molar-refractivity contribution in [2.75, 3.05) is 0 Å². The molecule has 4 nitrogen and oxygen atoms in total. The highest BCUT2D eigenvalue weighted by Crippen LogP contribution is 1.99. The average Bonchev–Trinajstić information content (AvgIpc) is 2.04. The quantitative estimate of drug-likeness (QED) is 0.691. The van der Waals surface area contributed by atoms with Crippen LogP contribution >= 0.6 is 0 Å². The molecule has 0 amide bonds. The second-order valence-electron chi connectivity index (χ2n) is 2.45. The summed E-state index contributed by atoms with van der Waals surface area (Å²) in [5.41, 5.74) is 1.17. The summed E-state index contributed by atoms with van der Waals surface area (Å²) in [5.74, 6) is 0. The Morgan fingerprint density at radius 1 is 1.75 bits per heavy atom. The zero-order chi connectivity index (χ0) is 8.97. The normalized spacial score (nSPS) is 9.33. The number of aryl methyl sites for hydroxylation is 1. The van der Waals surface area contributed by atoms with E-state index >= 15 is 0 Å². The van der Waals surface area contributed by atoms with E-state index in [9.17, 15) is 4.79 Å². The molecule has 0 spiro atoms. The van der Waals surface area contributed by atoms with Gasteiger partial charge in [-0.1, -0.05) is 0 Å². The molecule has 0 atom stereocenters. The fourth-order valence-corrected chi connectivity index (χ4v) is 0.992. The monoisotopic (exact) mass is 163 g/mol. The largest absolute Gasteiger partial charge is 0.313 e. The van der Waals surface area contributed by atoms with Crippen LogP contribution in [-0.2, 0) is 6.42 Å². The molecule has 0 radical (unpaired) electrons. The summed E-state index contributed by atoms with van der Waals surface area (Å²) < 4.78 is 0. The van der Waals surface area contributed by atoms with Gasteiger partial charge in [0, 0.05) is 17.7 Å². The minimum Gasteiger partial charge on any atom is -0.313 e. The van der Waals surface area contributed by atoms with Crippen molar-refractivity contribution in [1.82, 2.24) is 9.97 Å². The average molecular weight is 163 g/mol. The molecular weight excluding hydrogens is 154 g/mol. The van der Waals surface area contributed by atoms with Crippen LogP contribution in [0.25, 0.3) is 0 Å².